The smallest absolute Gasteiger partial charge is 0.268 e. The van der Waals surface area contributed by atoms with Gasteiger partial charge in [-0.3, -0.25) is 4.68 Å². The van der Waals surface area contributed by atoms with Crippen molar-refractivity contribution in [1.82, 2.24) is 24.4 Å². The molecule has 0 aromatic carbocycles. The highest BCUT2D eigenvalue weighted by Crippen LogP contribution is 2.33. The Kier molecular flexibility index (Phi) is 5.27. The fourth-order valence-electron chi connectivity index (χ4n) is 3.43. The highest BCUT2D eigenvalue weighted by Gasteiger charge is 2.29. The number of nitrogens with zero attached hydrogens (tertiary/aromatic N) is 6. The summed E-state index contributed by atoms with van der Waals surface area (Å²) in [6, 6.07) is 1.98. The normalized spacial score (nSPS) is 19.0. The maximum Gasteiger partial charge on any atom is 0.268 e. The van der Waals surface area contributed by atoms with Gasteiger partial charge in [0.25, 0.3) is 5.69 Å². The maximum absolute atomic E-state index is 9.45. The minimum atomic E-state index is 0.0477. The van der Waals surface area contributed by atoms with Gasteiger partial charge in [0.05, 0.1) is 43.8 Å². The van der Waals surface area contributed by atoms with E-state index in [2.05, 4.69) is 25.3 Å². The lowest BCUT2D eigenvalue weighted by Crippen LogP contribution is -2.21. The lowest BCUT2D eigenvalue weighted by atomic mass is 10.1. The van der Waals surface area contributed by atoms with E-state index < -0.39 is 0 Å². The van der Waals surface area contributed by atoms with Gasteiger partial charge in [-0.25, -0.2) is 14.3 Å². The number of hydrogen-bond donors (Lipinski definition) is 3. The van der Waals surface area contributed by atoms with Crippen molar-refractivity contribution in [1.29, 1.82) is 0 Å². The third-order valence-corrected chi connectivity index (χ3v) is 5.51. The molecule has 3 aromatic heterocycles. The van der Waals surface area contributed by atoms with E-state index in [-0.39, 0.29) is 30.1 Å². The summed E-state index contributed by atoms with van der Waals surface area (Å²) >= 11 is 6.25. The standard InChI is InChI=1S/C18H21ClN8O2/c1-10-14(19)18-23-17(15(21-2)16(20)27(18)24-10)22-5-3-12-4-6-26(25-12)13-9-29-8-11(13)7-28/h4,6,11,13,28H,3,5,7-9,20H2,1H3,(H,22,23). The number of aromatic nitrogens is 5. The third-order valence-electron chi connectivity index (χ3n) is 5.07. The van der Waals surface area contributed by atoms with Crippen molar-refractivity contribution in [2.45, 2.75) is 19.4 Å². The number of nitrogen functional groups attached to an aromatic ring is 1. The molecule has 2 atom stereocenters. The number of nitrogens with one attached hydrogen (secondary N) is 1. The Morgan fingerprint density at radius 3 is 3.03 bits per heavy atom. The molecule has 0 aliphatic carbocycles. The zero-order valence-corrected chi connectivity index (χ0v) is 16.6. The molecule has 152 valence electrons. The monoisotopic (exact) mass is 416 g/mol. The summed E-state index contributed by atoms with van der Waals surface area (Å²) in [6.07, 6.45) is 2.53. The largest absolute Gasteiger partial charge is 0.396 e. The van der Waals surface area contributed by atoms with Gasteiger partial charge in [-0.2, -0.15) is 10.2 Å². The number of aliphatic hydroxyl groups is 1. The van der Waals surface area contributed by atoms with Crippen LogP contribution in [0.3, 0.4) is 0 Å². The van der Waals surface area contributed by atoms with Crippen molar-refractivity contribution >= 4 is 34.6 Å². The number of anilines is 2. The van der Waals surface area contributed by atoms with Crippen molar-refractivity contribution in [2.75, 3.05) is 37.4 Å². The lowest BCUT2D eigenvalue weighted by molar-refractivity contribution is 0.160. The van der Waals surface area contributed by atoms with Crippen LogP contribution in [-0.2, 0) is 11.2 Å². The van der Waals surface area contributed by atoms with Crippen molar-refractivity contribution in [3.63, 3.8) is 0 Å². The van der Waals surface area contributed by atoms with E-state index in [1.807, 2.05) is 16.9 Å². The zero-order valence-electron chi connectivity index (χ0n) is 15.8. The molecule has 2 unspecified atom stereocenters. The van der Waals surface area contributed by atoms with Gasteiger partial charge in [-0.05, 0) is 13.0 Å². The molecule has 11 heteroatoms. The first kappa shape index (κ1) is 19.4. The van der Waals surface area contributed by atoms with E-state index >= 15 is 0 Å². The highest BCUT2D eigenvalue weighted by molar-refractivity contribution is 6.34. The number of aryl methyl sites for hydroxylation is 1. The summed E-state index contributed by atoms with van der Waals surface area (Å²) in [6.45, 7) is 10.9. The van der Waals surface area contributed by atoms with Gasteiger partial charge in [0.2, 0.25) is 0 Å². The minimum absolute atomic E-state index is 0.0477. The molecule has 29 heavy (non-hydrogen) atoms. The number of fused-ring (bicyclic) bond motifs is 1. The molecule has 4 N–H and O–H groups in total. The van der Waals surface area contributed by atoms with Gasteiger partial charge in [0.1, 0.15) is 16.7 Å². The quantitative estimate of drug-likeness (QED) is 0.524. The molecule has 1 aliphatic rings. The first-order chi connectivity index (χ1) is 14.0. The lowest BCUT2D eigenvalue weighted by Gasteiger charge is -2.15. The Hall–Kier alpha value is -2.87. The molecule has 0 radical (unpaired) electrons. The molecule has 1 fully saturated rings. The van der Waals surface area contributed by atoms with E-state index in [1.165, 1.54) is 4.52 Å². The number of hydrogen-bond acceptors (Lipinski definition) is 7. The van der Waals surface area contributed by atoms with E-state index in [4.69, 9.17) is 28.6 Å². The van der Waals surface area contributed by atoms with Crippen LogP contribution in [0.25, 0.3) is 10.5 Å². The number of aliphatic hydroxyl groups excluding tert-OH is 1. The van der Waals surface area contributed by atoms with Crippen LogP contribution in [0.1, 0.15) is 17.4 Å². The van der Waals surface area contributed by atoms with Crippen molar-refractivity contribution in [3.05, 3.63) is 40.1 Å². The Bertz CT molecular complexity index is 1090. The van der Waals surface area contributed by atoms with Crippen LogP contribution in [0.4, 0.5) is 17.3 Å². The van der Waals surface area contributed by atoms with Crippen LogP contribution in [0.15, 0.2) is 12.3 Å². The van der Waals surface area contributed by atoms with Crippen LogP contribution in [-0.4, -0.2) is 55.9 Å². The summed E-state index contributed by atoms with van der Waals surface area (Å²) in [4.78, 5) is 7.94. The van der Waals surface area contributed by atoms with Gasteiger partial charge in [-0.1, -0.05) is 11.6 Å². The molecule has 4 rings (SSSR count). The van der Waals surface area contributed by atoms with Crippen LogP contribution in [0.5, 0.6) is 0 Å². The van der Waals surface area contributed by atoms with Crippen molar-refractivity contribution in [2.24, 2.45) is 5.92 Å². The average molecular weight is 417 g/mol. The molecule has 4 heterocycles. The summed E-state index contributed by atoms with van der Waals surface area (Å²) < 4.78 is 8.69. The van der Waals surface area contributed by atoms with E-state index in [0.717, 1.165) is 5.69 Å². The SMILES string of the molecule is [C-]#[N+]c1c(NCCc2ccn(C3COCC3CO)n2)nc2c(Cl)c(C)nn2c1N. The highest BCUT2D eigenvalue weighted by atomic mass is 35.5. The Labute approximate surface area is 172 Å². The summed E-state index contributed by atoms with van der Waals surface area (Å²) in [5, 5.41) is 21.8. The van der Waals surface area contributed by atoms with Crippen molar-refractivity contribution in [3.8, 4) is 0 Å². The van der Waals surface area contributed by atoms with Gasteiger partial charge in [0.15, 0.2) is 5.65 Å². The Morgan fingerprint density at radius 1 is 1.45 bits per heavy atom. The first-order valence-electron chi connectivity index (χ1n) is 9.21. The maximum atomic E-state index is 9.45. The number of rotatable bonds is 6. The predicted molar refractivity (Wildman–Crippen MR) is 108 cm³/mol. The summed E-state index contributed by atoms with van der Waals surface area (Å²) in [7, 11) is 0. The minimum Gasteiger partial charge on any atom is -0.396 e. The fourth-order valence-corrected chi connectivity index (χ4v) is 3.59. The Morgan fingerprint density at radius 2 is 2.28 bits per heavy atom. The van der Waals surface area contributed by atoms with Gasteiger partial charge in [-0.15, -0.1) is 0 Å². The summed E-state index contributed by atoms with van der Waals surface area (Å²) in [5.41, 5.74) is 8.20. The zero-order chi connectivity index (χ0) is 20.5. The number of ether oxygens (including phenoxy) is 1. The number of halogens is 1. The molecule has 0 saturated carbocycles. The van der Waals surface area contributed by atoms with Gasteiger partial charge >= 0.3 is 0 Å². The second kappa shape index (κ2) is 7.87. The predicted octanol–water partition coefficient (Wildman–Crippen LogP) is 1.86. The van der Waals surface area contributed by atoms with Gasteiger partial charge < -0.3 is 20.9 Å². The molecule has 1 saturated heterocycles. The molecule has 10 nitrogen and oxygen atoms in total. The molecule has 3 aromatic rings. The van der Waals surface area contributed by atoms with Crippen LogP contribution >= 0.6 is 11.6 Å². The second-order valence-corrected chi connectivity index (χ2v) is 7.33. The Balaban J connectivity index is 1.48. The molecule has 0 amide bonds. The summed E-state index contributed by atoms with van der Waals surface area (Å²) in [5.74, 6) is 0.628. The van der Waals surface area contributed by atoms with Crippen LogP contribution in [0.2, 0.25) is 5.02 Å². The van der Waals surface area contributed by atoms with Crippen LogP contribution < -0.4 is 11.1 Å². The molecule has 1 aliphatic heterocycles. The molecular weight excluding hydrogens is 396 g/mol. The topological polar surface area (TPSA) is 120 Å². The van der Waals surface area contributed by atoms with E-state index in [1.54, 1.807) is 6.92 Å². The molecular formula is C18H21ClN8O2. The third kappa shape index (κ3) is 3.48. The van der Waals surface area contributed by atoms with Crippen LogP contribution in [0, 0.1) is 19.4 Å². The fraction of sp³-hybridized carbons (Fsp3) is 0.444. The number of nitrogens with two attached hydrogens (primary N) is 1. The average Bonchev–Trinajstić information content (AvgIpc) is 3.43. The van der Waals surface area contributed by atoms with E-state index in [9.17, 15) is 5.11 Å². The van der Waals surface area contributed by atoms with E-state index in [0.29, 0.717) is 48.4 Å². The molecule has 0 bridgehead atoms. The van der Waals surface area contributed by atoms with Crippen molar-refractivity contribution < 1.29 is 9.84 Å². The first-order valence-corrected chi connectivity index (χ1v) is 9.59. The van der Waals surface area contributed by atoms with Gasteiger partial charge in [0, 0.05) is 25.1 Å². The molecule has 0 spiro atoms. The second-order valence-electron chi connectivity index (χ2n) is 6.95.